The molecule has 0 aliphatic rings. The van der Waals surface area contributed by atoms with Gasteiger partial charge in [0.1, 0.15) is 30.4 Å². The second-order valence-electron chi connectivity index (χ2n) is 6.58. The maximum Gasteiger partial charge on any atom is 0.163 e. The van der Waals surface area contributed by atoms with Gasteiger partial charge in [0, 0.05) is 29.7 Å². The van der Waals surface area contributed by atoms with Crippen molar-refractivity contribution in [2.24, 2.45) is 0 Å². The lowest BCUT2D eigenvalue weighted by Crippen LogP contribution is -2.02. The summed E-state index contributed by atoms with van der Waals surface area (Å²) < 4.78 is 25.7. The predicted molar refractivity (Wildman–Crippen MR) is 126 cm³/mol. The zero-order valence-corrected chi connectivity index (χ0v) is 18.8. The van der Waals surface area contributed by atoms with Gasteiger partial charge in [-0.3, -0.25) is 0 Å². The molecule has 166 valence electrons. The molecule has 0 spiro atoms. The van der Waals surface area contributed by atoms with E-state index in [0.29, 0.717) is 39.8 Å². The normalized spacial score (nSPS) is 10.4. The van der Waals surface area contributed by atoms with E-state index in [1.807, 2.05) is 12.1 Å². The number of nitrogens with zero attached hydrogens (tertiary/aromatic N) is 3. The Bertz CT molecular complexity index is 1240. The standard InChI is InChI=1S/C22H19ClFN5O2.ClH/c1-25-21-7-13(5-6-26-21)11-31-20-10-18-15(9-19(20)30-2)22(28-12-27-18)29-17-4-3-14(23)8-16(17)24;/h3-10,12H,11H2,1-2H3,(H,25,26)(H,27,28,29);1H. The molecular weight excluding hydrogens is 456 g/mol. The highest BCUT2D eigenvalue weighted by molar-refractivity contribution is 6.30. The molecule has 2 heterocycles. The fourth-order valence-electron chi connectivity index (χ4n) is 3.02. The number of benzene rings is 2. The third kappa shape index (κ3) is 5.09. The van der Waals surface area contributed by atoms with Crippen LogP contribution in [0.25, 0.3) is 10.9 Å². The molecule has 7 nitrogen and oxygen atoms in total. The molecule has 2 N–H and O–H groups in total. The van der Waals surface area contributed by atoms with Crippen LogP contribution in [0.2, 0.25) is 5.02 Å². The Morgan fingerprint density at radius 3 is 2.62 bits per heavy atom. The van der Waals surface area contributed by atoms with Gasteiger partial charge >= 0.3 is 0 Å². The van der Waals surface area contributed by atoms with Crippen LogP contribution in [0.15, 0.2) is 55.0 Å². The van der Waals surface area contributed by atoms with Crippen LogP contribution in [0.3, 0.4) is 0 Å². The summed E-state index contributed by atoms with van der Waals surface area (Å²) in [6.07, 6.45) is 3.11. The molecule has 0 aliphatic heterocycles. The van der Waals surface area contributed by atoms with Gasteiger partial charge in [-0.15, -0.1) is 12.4 Å². The quantitative estimate of drug-likeness (QED) is 0.359. The smallest absolute Gasteiger partial charge is 0.163 e. The monoisotopic (exact) mass is 475 g/mol. The molecule has 0 unspecified atom stereocenters. The van der Waals surface area contributed by atoms with E-state index in [-0.39, 0.29) is 18.1 Å². The largest absolute Gasteiger partial charge is 0.493 e. The van der Waals surface area contributed by atoms with Gasteiger partial charge in [0.15, 0.2) is 11.5 Å². The molecule has 0 aliphatic carbocycles. The Balaban J connectivity index is 0.00000289. The highest BCUT2D eigenvalue weighted by atomic mass is 35.5. The highest BCUT2D eigenvalue weighted by Crippen LogP contribution is 2.35. The molecule has 0 saturated carbocycles. The summed E-state index contributed by atoms with van der Waals surface area (Å²) in [6, 6.07) is 11.7. The summed E-state index contributed by atoms with van der Waals surface area (Å²) in [5.74, 6) is 1.74. The number of pyridine rings is 1. The molecule has 0 bridgehead atoms. The van der Waals surface area contributed by atoms with Crippen molar-refractivity contribution in [3.63, 3.8) is 0 Å². The Labute approximate surface area is 195 Å². The van der Waals surface area contributed by atoms with Crippen molar-refractivity contribution in [2.45, 2.75) is 6.61 Å². The Morgan fingerprint density at radius 2 is 1.88 bits per heavy atom. The van der Waals surface area contributed by atoms with E-state index in [1.165, 1.54) is 12.4 Å². The van der Waals surface area contributed by atoms with Crippen LogP contribution in [-0.4, -0.2) is 29.1 Å². The number of hydrogen-bond acceptors (Lipinski definition) is 7. The Kier molecular flexibility index (Phi) is 7.50. The van der Waals surface area contributed by atoms with E-state index in [2.05, 4.69) is 25.6 Å². The maximum atomic E-state index is 14.2. The van der Waals surface area contributed by atoms with Crippen molar-refractivity contribution in [3.05, 3.63) is 71.4 Å². The Morgan fingerprint density at radius 1 is 1.03 bits per heavy atom. The molecule has 0 atom stereocenters. The first-order valence-corrected chi connectivity index (χ1v) is 9.75. The fourth-order valence-corrected chi connectivity index (χ4v) is 3.18. The highest BCUT2D eigenvalue weighted by Gasteiger charge is 2.13. The van der Waals surface area contributed by atoms with Crippen molar-refractivity contribution in [3.8, 4) is 11.5 Å². The molecule has 10 heteroatoms. The van der Waals surface area contributed by atoms with Crippen LogP contribution < -0.4 is 20.1 Å². The SMILES string of the molecule is CNc1cc(COc2cc3ncnc(Nc4ccc(Cl)cc4F)c3cc2OC)ccn1.Cl. The molecule has 0 amide bonds. The van der Waals surface area contributed by atoms with E-state index in [1.54, 1.807) is 44.6 Å². The number of aromatic nitrogens is 3. The summed E-state index contributed by atoms with van der Waals surface area (Å²) in [5.41, 5.74) is 1.82. The topological polar surface area (TPSA) is 81.2 Å². The van der Waals surface area contributed by atoms with Crippen LogP contribution in [0.4, 0.5) is 21.7 Å². The molecular formula is C22H20Cl2FN5O2. The van der Waals surface area contributed by atoms with Crippen LogP contribution in [0.5, 0.6) is 11.5 Å². The van der Waals surface area contributed by atoms with Crippen molar-refractivity contribution < 1.29 is 13.9 Å². The first-order chi connectivity index (χ1) is 15.1. The van der Waals surface area contributed by atoms with Crippen LogP contribution in [-0.2, 0) is 6.61 Å². The summed E-state index contributed by atoms with van der Waals surface area (Å²) in [4.78, 5) is 12.8. The number of nitrogens with one attached hydrogen (secondary N) is 2. The number of methoxy groups -OCH3 is 1. The van der Waals surface area contributed by atoms with E-state index in [4.69, 9.17) is 21.1 Å². The lowest BCUT2D eigenvalue weighted by atomic mass is 10.2. The van der Waals surface area contributed by atoms with Crippen molar-refractivity contribution in [1.82, 2.24) is 15.0 Å². The predicted octanol–water partition coefficient (Wildman–Crippen LogP) is 5.61. The lowest BCUT2D eigenvalue weighted by Gasteiger charge is -2.14. The lowest BCUT2D eigenvalue weighted by molar-refractivity contribution is 0.285. The molecule has 0 saturated heterocycles. The van der Waals surface area contributed by atoms with Crippen LogP contribution in [0.1, 0.15) is 5.56 Å². The van der Waals surface area contributed by atoms with Crippen LogP contribution >= 0.6 is 24.0 Å². The first-order valence-electron chi connectivity index (χ1n) is 9.37. The first kappa shape index (κ1) is 23.3. The van der Waals surface area contributed by atoms with Crippen molar-refractivity contribution >= 4 is 52.2 Å². The molecule has 0 radical (unpaired) electrons. The van der Waals surface area contributed by atoms with Gasteiger partial charge in [0.25, 0.3) is 0 Å². The molecule has 4 aromatic rings. The third-order valence-electron chi connectivity index (χ3n) is 4.58. The van der Waals surface area contributed by atoms with Gasteiger partial charge in [-0.1, -0.05) is 11.6 Å². The number of anilines is 3. The average Bonchev–Trinajstić information content (AvgIpc) is 2.79. The summed E-state index contributed by atoms with van der Waals surface area (Å²) in [7, 11) is 3.36. The average molecular weight is 476 g/mol. The number of hydrogen-bond donors (Lipinski definition) is 2. The second kappa shape index (κ2) is 10.3. The van der Waals surface area contributed by atoms with Crippen molar-refractivity contribution in [2.75, 3.05) is 24.8 Å². The number of fused-ring (bicyclic) bond motifs is 1. The molecule has 32 heavy (non-hydrogen) atoms. The summed E-state index contributed by atoms with van der Waals surface area (Å²) >= 11 is 5.83. The zero-order valence-electron chi connectivity index (χ0n) is 17.2. The minimum absolute atomic E-state index is 0. The number of rotatable bonds is 7. The van der Waals surface area contributed by atoms with E-state index in [9.17, 15) is 4.39 Å². The third-order valence-corrected chi connectivity index (χ3v) is 4.81. The molecule has 2 aromatic carbocycles. The van der Waals surface area contributed by atoms with E-state index < -0.39 is 5.82 Å². The summed E-state index contributed by atoms with van der Waals surface area (Å²) in [6.45, 7) is 0.325. The number of halogens is 3. The molecule has 0 fully saturated rings. The minimum atomic E-state index is -0.482. The minimum Gasteiger partial charge on any atom is -0.493 e. The Hall–Kier alpha value is -3.36. The van der Waals surface area contributed by atoms with Gasteiger partial charge in [-0.2, -0.15) is 0 Å². The van der Waals surface area contributed by atoms with Gasteiger partial charge in [0.05, 0.1) is 18.3 Å². The van der Waals surface area contributed by atoms with E-state index in [0.717, 1.165) is 11.4 Å². The van der Waals surface area contributed by atoms with Crippen LogP contribution in [0, 0.1) is 5.82 Å². The van der Waals surface area contributed by atoms with Gasteiger partial charge in [-0.25, -0.2) is 19.3 Å². The molecule has 2 aromatic heterocycles. The van der Waals surface area contributed by atoms with Crippen molar-refractivity contribution in [1.29, 1.82) is 0 Å². The number of ether oxygens (including phenoxy) is 2. The van der Waals surface area contributed by atoms with E-state index >= 15 is 0 Å². The maximum absolute atomic E-state index is 14.2. The fraction of sp³-hybridized carbons (Fsp3) is 0.136. The zero-order chi connectivity index (χ0) is 21.8. The molecule has 4 rings (SSSR count). The van der Waals surface area contributed by atoms with Gasteiger partial charge in [0.2, 0.25) is 0 Å². The van der Waals surface area contributed by atoms with Gasteiger partial charge < -0.3 is 20.1 Å². The second-order valence-corrected chi connectivity index (χ2v) is 7.02. The van der Waals surface area contributed by atoms with Gasteiger partial charge in [-0.05, 0) is 42.0 Å². The summed E-state index contributed by atoms with van der Waals surface area (Å²) in [5, 5.41) is 6.95.